The van der Waals surface area contributed by atoms with E-state index in [9.17, 15) is 13.2 Å². The molecule has 1 aliphatic rings. The highest BCUT2D eigenvalue weighted by Gasteiger charge is 2.23. The smallest absolute Gasteiger partial charge is 0.339 e. The topological polar surface area (TPSA) is 100 Å². The molecule has 1 fully saturated rings. The van der Waals surface area contributed by atoms with Crippen molar-refractivity contribution in [3.05, 3.63) is 17.5 Å². The fraction of sp³-hybridized carbons (Fsp3) is 0.500. The van der Waals surface area contributed by atoms with Crippen LogP contribution in [0.25, 0.3) is 0 Å². The van der Waals surface area contributed by atoms with Crippen LogP contribution in [0.15, 0.2) is 6.20 Å². The molecule has 1 N–H and O–H groups in total. The molecule has 7 nitrogen and oxygen atoms in total. The number of sulfone groups is 1. The molecular weight excluding hydrogens is 258 g/mol. The van der Waals surface area contributed by atoms with E-state index in [-0.39, 0.29) is 17.1 Å². The second-order valence-electron chi connectivity index (χ2n) is 4.11. The second kappa shape index (κ2) is 4.52. The van der Waals surface area contributed by atoms with Gasteiger partial charge in [-0.3, -0.25) is 0 Å². The lowest BCUT2D eigenvalue weighted by atomic mass is 10.2. The molecule has 0 saturated carbocycles. The van der Waals surface area contributed by atoms with Crippen LogP contribution in [0.4, 0.5) is 5.95 Å². The zero-order valence-electron chi connectivity index (χ0n) is 9.83. The van der Waals surface area contributed by atoms with Gasteiger partial charge in [-0.1, -0.05) is 0 Å². The lowest BCUT2D eigenvalue weighted by molar-refractivity contribution is 0.0695. The number of hydrogen-bond acceptors (Lipinski definition) is 6. The van der Waals surface area contributed by atoms with Crippen LogP contribution in [0.1, 0.15) is 16.1 Å². The molecular formula is C10H13N3O4S. The summed E-state index contributed by atoms with van der Waals surface area (Å²) in [6.45, 7) is 2.28. The quantitative estimate of drug-likeness (QED) is 0.789. The fourth-order valence-electron chi connectivity index (χ4n) is 1.73. The Morgan fingerprint density at radius 1 is 1.39 bits per heavy atom. The van der Waals surface area contributed by atoms with Crippen LogP contribution in [0, 0.1) is 6.92 Å². The zero-order valence-corrected chi connectivity index (χ0v) is 10.6. The number of carbonyl (C=O) groups is 1. The van der Waals surface area contributed by atoms with Crippen molar-refractivity contribution in [2.75, 3.05) is 29.5 Å². The van der Waals surface area contributed by atoms with Crippen molar-refractivity contribution < 1.29 is 18.3 Å². The summed E-state index contributed by atoms with van der Waals surface area (Å²) in [4.78, 5) is 20.6. The van der Waals surface area contributed by atoms with Crippen molar-refractivity contribution in [1.82, 2.24) is 9.97 Å². The summed E-state index contributed by atoms with van der Waals surface area (Å²) in [5, 5.41) is 8.86. The van der Waals surface area contributed by atoms with Gasteiger partial charge < -0.3 is 10.0 Å². The van der Waals surface area contributed by atoms with Crippen molar-refractivity contribution in [3.63, 3.8) is 0 Å². The Morgan fingerprint density at radius 3 is 2.50 bits per heavy atom. The first-order valence-electron chi connectivity index (χ1n) is 5.41. The molecule has 0 atom stereocenters. The van der Waals surface area contributed by atoms with Crippen molar-refractivity contribution in [3.8, 4) is 0 Å². The van der Waals surface area contributed by atoms with Gasteiger partial charge in [0.1, 0.15) is 0 Å². The molecule has 0 aliphatic carbocycles. The number of carboxylic acids is 1. The van der Waals surface area contributed by atoms with Crippen LogP contribution in [-0.2, 0) is 9.84 Å². The van der Waals surface area contributed by atoms with Crippen LogP contribution in [0.3, 0.4) is 0 Å². The number of anilines is 1. The third kappa shape index (κ3) is 2.58. The summed E-state index contributed by atoms with van der Waals surface area (Å²) in [7, 11) is -2.95. The van der Waals surface area contributed by atoms with Gasteiger partial charge in [0.05, 0.1) is 22.8 Å². The molecule has 2 rings (SSSR count). The maximum absolute atomic E-state index is 11.3. The van der Waals surface area contributed by atoms with Gasteiger partial charge in [0, 0.05) is 19.3 Å². The third-order valence-electron chi connectivity index (χ3n) is 2.82. The van der Waals surface area contributed by atoms with Gasteiger partial charge >= 0.3 is 5.97 Å². The van der Waals surface area contributed by atoms with Gasteiger partial charge in [0.2, 0.25) is 5.95 Å². The van der Waals surface area contributed by atoms with E-state index in [1.165, 1.54) is 6.20 Å². The van der Waals surface area contributed by atoms with Crippen LogP contribution < -0.4 is 4.90 Å². The Kier molecular flexibility index (Phi) is 3.20. The third-order valence-corrected chi connectivity index (χ3v) is 4.43. The van der Waals surface area contributed by atoms with E-state index in [1.807, 2.05) is 0 Å². The van der Waals surface area contributed by atoms with E-state index in [1.54, 1.807) is 11.8 Å². The monoisotopic (exact) mass is 271 g/mol. The summed E-state index contributed by atoms with van der Waals surface area (Å²) in [5.74, 6) is -0.528. The lowest BCUT2D eigenvalue weighted by Gasteiger charge is -2.26. The minimum absolute atomic E-state index is 0.0587. The molecule has 0 spiro atoms. The lowest BCUT2D eigenvalue weighted by Crippen LogP contribution is -2.41. The standard InChI is InChI=1S/C10H13N3O4S/c1-7-8(9(14)15)6-11-10(12-7)13-2-4-18(16,17)5-3-13/h6H,2-5H2,1H3,(H,14,15). The maximum Gasteiger partial charge on any atom is 0.339 e. The van der Waals surface area contributed by atoms with E-state index in [4.69, 9.17) is 5.11 Å². The van der Waals surface area contributed by atoms with E-state index < -0.39 is 15.8 Å². The summed E-state index contributed by atoms with van der Waals surface area (Å²) in [5.41, 5.74) is 0.435. The Bertz CT molecular complexity index is 571. The SMILES string of the molecule is Cc1nc(N2CCS(=O)(=O)CC2)ncc1C(=O)O. The number of hydrogen-bond donors (Lipinski definition) is 1. The van der Waals surface area contributed by atoms with Crippen molar-refractivity contribution in [2.24, 2.45) is 0 Å². The second-order valence-corrected chi connectivity index (χ2v) is 6.42. The molecule has 98 valence electrons. The predicted molar refractivity (Wildman–Crippen MR) is 64.6 cm³/mol. The van der Waals surface area contributed by atoms with E-state index >= 15 is 0 Å². The predicted octanol–water partition coefficient (Wildman–Crippen LogP) is -0.282. The van der Waals surface area contributed by atoms with Gasteiger partial charge in [0.25, 0.3) is 0 Å². The van der Waals surface area contributed by atoms with Crippen LogP contribution in [0.5, 0.6) is 0 Å². The molecule has 2 heterocycles. The molecule has 0 bridgehead atoms. The molecule has 0 radical (unpaired) electrons. The minimum atomic E-state index is -2.95. The van der Waals surface area contributed by atoms with Gasteiger partial charge in [-0.05, 0) is 6.92 Å². The first-order chi connectivity index (χ1) is 8.39. The average Bonchev–Trinajstić information content (AvgIpc) is 2.28. The van der Waals surface area contributed by atoms with E-state index in [0.717, 1.165) is 0 Å². The fourth-order valence-corrected chi connectivity index (χ4v) is 2.93. The molecule has 1 aromatic rings. The molecule has 0 unspecified atom stereocenters. The van der Waals surface area contributed by atoms with Crippen molar-refractivity contribution in [2.45, 2.75) is 6.92 Å². The number of rotatable bonds is 2. The highest BCUT2D eigenvalue weighted by molar-refractivity contribution is 7.91. The van der Waals surface area contributed by atoms with Crippen molar-refractivity contribution >= 4 is 21.8 Å². The minimum Gasteiger partial charge on any atom is -0.478 e. The normalized spacial score (nSPS) is 18.6. The highest BCUT2D eigenvalue weighted by Crippen LogP contribution is 2.14. The Balaban J connectivity index is 2.21. The molecule has 8 heteroatoms. The summed E-state index contributed by atoms with van der Waals surface area (Å²) in [6.07, 6.45) is 1.25. The Labute approximate surface area is 104 Å². The van der Waals surface area contributed by atoms with Gasteiger partial charge in [-0.25, -0.2) is 23.2 Å². The van der Waals surface area contributed by atoms with Crippen LogP contribution >= 0.6 is 0 Å². The number of aryl methyl sites for hydroxylation is 1. The van der Waals surface area contributed by atoms with Crippen LogP contribution in [0.2, 0.25) is 0 Å². The van der Waals surface area contributed by atoms with E-state index in [2.05, 4.69) is 9.97 Å². The molecule has 0 aromatic carbocycles. The molecule has 1 aromatic heterocycles. The molecule has 1 saturated heterocycles. The van der Waals surface area contributed by atoms with Crippen molar-refractivity contribution in [1.29, 1.82) is 0 Å². The zero-order chi connectivity index (χ0) is 13.3. The maximum atomic E-state index is 11.3. The number of aromatic nitrogens is 2. The summed E-state index contributed by atoms with van der Waals surface area (Å²) >= 11 is 0. The van der Waals surface area contributed by atoms with Gasteiger partial charge in [0.15, 0.2) is 9.84 Å². The van der Waals surface area contributed by atoms with Gasteiger partial charge in [-0.2, -0.15) is 0 Å². The average molecular weight is 271 g/mol. The van der Waals surface area contributed by atoms with E-state index in [0.29, 0.717) is 24.7 Å². The molecule has 1 aliphatic heterocycles. The summed E-state index contributed by atoms with van der Waals surface area (Å²) in [6, 6.07) is 0. The van der Waals surface area contributed by atoms with Crippen LogP contribution in [-0.4, -0.2) is 54.1 Å². The van der Waals surface area contributed by atoms with Gasteiger partial charge in [-0.15, -0.1) is 0 Å². The highest BCUT2D eigenvalue weighted by atomic mass is 32.2. The molecule has 18 heavy (non-hydrogen) atoms. The molecule has 0 amide bonds. The number of nitrogens with zero attached hydrogens (tertiary/aromatic N) is 3. The number of aromatic carboxylic acids is 1. The largest absolute Gasteiger partial charge is 0.478 e. The summed E-state index contributed by atoms with van der Waals surface area (Å²) < 4.78 is 22.6. The Hall–Kier alpha value is -1.70. The first kappa shape index (κ1) is 12.7. The Morgan fingerprint density at radius 2 is 2.00 bits per heavy atom. The first-order valence-corrected chi connectivity index (χ1v) is 7.23. The number of carboxylic acid groups (broad SMARTS) is 1.